The third kappa shape index (κ3) is 3.34. The van der Waals surface area contributed by atoms with Gasteiger partial charge in [-0.1, -0.05) is 19.3 Å². The van der Waals surface area contributed by atoms with E-state index in [1.807, 2.05) is 0 Å². The smallest absolute Gasteiger partial charge is 0.232 e. The first kappa shape index (κ1) is 11.6. The lowest BCUT2D eigenvalue weighted by Crippen LogP contribution is -2.15. The fourth-order valence-corrected chi connectivity index (χ4v) is 2.21. The summed E-state index contributed by atoms with van der Waals surface area (Å²) in [6.07, 6.45) is 9.92. The SMILES string of the molecule is ClCc1cncc(OCC2CCCCC2)n1. The maximum Gasteiger partial charge on any atom is 0.232 e. The van der Waals surface area contributed by atoms with Gasteiger partial charge in [0, 0.05) is 6.20 Å². The topological polar surface area (TPSA) is 35.0 Å². The molecular formula is C12H17ClN2O. The van der Waals surface area contributed by atoms with Crippen LogP contribution in [0.2, 0.25) is 0 Å². The number of alkyl halides is 1. The molecule has 0 spiro atoms. The molecule has 0 radical (unpaired) electrons. The van der Waals surface area contributed by atoms with Crippen LogP contribution in [0, 0.1) is 5.92 Å². The van der Waals surface area contributed by atoms with E-state index in [1.165, 1.54) is 32.1 Å². The Morgan fingerprint density at radius 2 is 2.06 bits per heavy atom. The molecule has 4 heteroatoms. The van der Waals surface area contributed by atoms with Gasteiger partial charge in [0.25, 0.3) is 0 Å². The highest BCUT2D eigenvalue weighted by Gasteiger charge is 2.14. The lowest BCUT2D eigenvalue weighted by Gasteiger charge is -2.21. The van der Waals surface area contributed by atoms with Gasteiger partial charge in [0.05, 0.1) is 24.4 Å². The molecule has 0 saturated heterocycles. The van der Waals surface area contributed by atoms with Crippen molar-refractivity contribution in [2.24, 2.45) is 5.92 Å². The Kier molecular flexibility index (Phi) is 4.40. The Morgan fingerprint density at radius 3 is 2.81 bits per heavy atom. The zero-order valence-electron chi connectivity index (χ0n) is 9.36. The second-order valence-corrected chi connectivity index (χ2v) is 4.56. The number of ether oxygens (including phenoxy) is 1. The normalized spacial score (nSPS) is 17.3. The van der Waals surface area contributed by atoms with Crippen molar-refractivity contribution in [1.29, 1.82) is 0 Å². The average Bonchev–Trinajstić information content (AvgIpc) is 2.38. The molecule has 88 valence electrons. The number of hydrogen-bond acceptors (Lipinski definition) is 3. The third-order valence-corrected chi connectivity index (χ3v) is 3.26. The summed E-state index contributed by atoms with van der Waals surface area (Å²) in [6, 6.07) is 0. The molecule has 1 aliphatic carbocycles. The molecule has 0 unspecified atom stereocenters. The highest BCUT2D eigenvalue weighted by Crippen LogP contribution is 2.24. The fraction of sp³-hybridized carbons (Fsp3) is 0.667. The molecular weight excluding hydrogens is 224 g/mol. The molecule has 1 heterocycles. The van der Waals surface area contributed by atoms with Crippen LogP contribution < -0.4 is 4.74 Å². The quantitative estimate of drug-likeness (QED) is 0.759. The van der Waals surface area contributed by atoms with Gasteiger partial charge in [-0.25, -0.2) is 4.98 Å². The van der Waals surface area contributed by atoms with Crippen LogP contribution in [0.15, 0.2) is 12.4 Å². The van der Waals surface area contributed by atoms with Crippen LogP contribution in [0.25, 0.3) is 0 Å². The Bertz CT molecular complexity index is 327. The van der Waals surface area contributed by atoms with E-state index in [2.05, 4.69) is 9.97 Å². The highest BCUT2D eigenvalue weighted by molar-refractivity contribution is 6.16. The average molecular weight is 241 g/mol. The first-order valence-electron chi connectivity index (χ1n) is 5.88. The first-order chi connectivity index (χ1) is 7.88. The summed E-state index contributed by atoms with van der Waals surface area (Å²) in [5, 5.41) is 0. The van der Waals surface area contributed by atoms with Gasteiger partial charge < -0.3 is 4.74 Å². The van der Waals surface area contributed by atoms with Gasteiger partial charge in [0.2, 0.25) is 5.88 Å². The molecule has 1 aliphatic rings. The van der Waals surface area contributed by atoms with Gasteiger partial charge >= 0.3 is 0 Å². The molecule has 1 aromatic rings. The molecule has 1 aromatic heterocycles. The van der Waals surface area contributed by atoms with E-state index in [4.69, 9.17) is 16.3 Å². The van der Waals surface area contributed by atoms with Gasteiger partial charge in [0.1, 0.15) is 0 Å². The second kappa shape index (κ2) is 6.04. The van der Waals surface area contributed by atoms with Crippen LogP contribution in [0.1, 0.15) is 37.8 Å². The summed E-state index contributed by atoms with van der Waals surface area (Å²) < 4.78 is 5.66. The molecule has 16 heavy (non-hydrogen) atoms. The van der Waals surface area contributed by atoms with E-state index in [9.17, 15) is 0 Å². The molecule has 0 aliphatic heterocycles. The molecule has 0 N–H and O–H groups in total. The van der Waals surface area contributed by atoms with Gasteiger partial charge in [-0.05, 0) is 18.8 Å². The number of hydrogen-bond donors (Lipinski definition) is 0. The molecule has 0 atom stereocenters. The number of aromatic nitrogens is 2. The van der Waals surface area contributed by atoms with Crippen molar-refractivity contribution < 1.29 is 4.74 Å². The molecule has 2 rings (SSSR count). The standard InChI is InChI=1S/C12H17ClN2O/c13-6-11-7-14-8-12(15-11)16-9-10-4-2-1-3-5-10/h7-8,10H,1-6,9H2. The van der Waals surface area contributed by atoms with Crippen LogP contribution in [-0.2, 0) is 5.88 Å². The van der Waals surface area contributed by atoms with Crippen molar-refractivity contribution in [3.8, 4) is 5.88 Å². The van der Waals surface area contributed by atoms with Gasteiger partial charge in [-0.3, -0.25) is 4.98 Å². The summed E-state index contributed by atoms with van der Waals surface area (Å²) in [4.78, 5) is 8.31. The van der Waals surface area contributed by atoms with Crippen LogP contribution in [0.3, 0.4) is 0 Å². The van der Waals surface area contributed by atoms with E-state index in [0.29, 0.717) is 17.7 Å². The number of halogens is 1. The Morgan fingerprint density at radius 1 is 1.25 bits per heavy atom. The second-order valence-electron chi connectivity index (χ2n) is 4.30. The maximum atomic E-state index is 5.69. The highest BCUT2D eigenvalue weighted by atomic mass is 35.5. The molecule has 0 amide bonds. The van der Waals surface area contributed by atoms with Gasteiger partial charge in [-0.2, -0.15) is 0 Å². The fourth-order valence-electron chi connectivity index (χ4n) is 2.08. The van der Waals surface area contributed by atoms with Crippen molar-refractivity contribution >= 4 is 11.6 Å². The van der Waals surface area contributed by atoms with Gasteiger partial charge in [-0.15, -0.1) is 11.6 Å². The van der Waals surface area contributed by atoms with Crippen molar-refractivity contribution in [3.05, 3.63) is 18.1 Å². The maximum absolute atomic E-state index is 5.69. The van der Waals surface area contributed by atoms with Crippen LogP contribution >= 0.6 is 11.6 Å². The van der Waals surface area contributed by atoms with E-state index in [1.54, 1.807) is 12.4 Å². The predicted molar refractivity (Wildman–Crippen MR) is 63.7 cm³/mol. The minimum absolute atomic E-state index is 0.383. The van der Waals surface area contributed by atoms with Crippen molar-refractivity contribution in [2.45, 2.75) is 38.0 Å². The lowest BCUT2D eigenvalue weighted by molar-refractivity contribution is 0.202. The Balaban J connectivity index is 1.83. The molecule has 3 nitrogen and oxygen atoms in total. The summed E-state index contributed by atoms with van der Waals surface area (Å²) in [5.41, 5.74) is 0.766. The Labute approximate surface area is 101 Å². The van der Waals surface area contributed by atoms with Crippen molar-refractivity contribution in [3.63, 3.8) is 0 Å². The molecule has 0 aromatic carbocycles. The van der Waals surface area contributed by atoms with E-state index in [-0.39, 0.29) is 0 Å². The van der Waals surface area contributed by atoms with Gasteiger partial charge in [0.15, 0.2) is 0 Å². The molecule has 1 saturated carbocycles. The minimum Gasteiger partial charge on any atom is -0.476 e. The number of nitrogens with zero attached hydrogens (tertiary/aromatic N) is 2. The van der Waals surface area contributed by atoms with Crippen LogP contribution in [0.4, 0.5) is 0 Å². The summed E-state index contributed by atoms with van der Waals surface area (Å²) in [7, 11) is 0. The van der Waals surface area contributed by atoms with E-state index >= 15 is 0 Å². The van der Waals surface area contributed by atoms with Crippen molar-refractivity contribution in [2.75, 3.05) is 6.61 Å². The lowest BCUT2D eigenvalue weighted by atomic mass is 9.90. The van der Waals surface area contributed by atoms with Crippen LogP contribution in [-0.4, -0.2) is 16.6 Å². The Hall–Kier alpha value is -0.830. The zero-order chi connectivity index (χ0) is 11.2. The summed E-state index contributed by atoms with van der Waals surface area (Å²) >= 11 is 5.69. The first-order valence-corrected chi connectivity index (χ1v) is 6.41. The van der Waals surface area contributed by atoms with E-state index in [0.717, 1.165) is 12.3 Å². The van der Waals surface area contributed by atoms with Crippen LogP contribution in [0.5, 0.6) is 5.88 Å². The third-order valence-electron chi connectivity index (χ3n) is 2.99. The van der Waals surface area contributed by atoms with E-state index < -0.39 is 0 Å². The largest absolute Gasteiger partial charge is 0.476 e. The number of rotatable bonds is 4. The predicted octanol–water partition coefficient (Wildman–Crippen LogP) is 3.17. The van der Waals surface area contributed by atoms with Crippen molar-refractivity contribution in [1.82, 2.24) is 9.97 Å². The summed E-state index contributed by atoms with van der Waals surface area (Å²) in [5.74, 6) is 1.67. The zero-order valence-corrected chi connectivity index (χ0v) is 10.1. The minimum atomic E-state index is 0.383. The molecule has 1 fully saturated rings. The monoisotopic (exact) mass is 240 g/mol. The summed E-state index contributed by atoms with van der Waals surface area (Å²) in [6.45, 7) is 0.764. The molecule has 0 bridgehead atoms.